The number of nitrogens with zero attached hydrogens (tertiary/aromatic N) is 5. The minimum Gasteiger partial charge on any atom is -0.379 e. The zero-order valence-electron chi connectivity index (χ0n) is 19.7. The fourth-order valence-corrected chi connectivity index (χ4v) is 4.84. The molecule has 2 aliphatic rings. The van der Waals surface area contributed by atoms with Crippen molar-refractivity contribution in [1.82, 2.24) is 24.6 Å². The van der Waals surface area contributed by atoms with Gasteiger partial charge in [0.25, 0.3) is 5.56 Å². The Bertz CT molecular complexity index is 1180. The molecule has 2 aliphatic heterocycles. The summed E-state index contributed by atoms with van der Waals surface area (Å²) in [6.07, 6.45) is 0. The van der Waals surface area contributed by atoms with Crippen LogP contribution in [-0.2, 0) is 16.1 Å². The standard InChI is InChI=1S/C26H30ClN5O3/c27-23-9-5-4-8-21(23)22(18-30-10-14-34-15-11-30)24-26(33)32(19-31-12-16-35-17-13-31)29-25(28-24)20-6-2-1-3-7-20/h1-9,22H,10-19H2/t22-/m0/s1. The van der Waals surface area contributed by atoms with Gasteiger partial charge in [0.2, 0.25) is 0 Å². The van der Waals surface area contributed by atoms with Crippen molar-refractivity contribution in [3.8, 4) is 11.4 Å². The van der Waals surface area contributed by atoms with Gasteiger partial charge in [-0.05, 0) is 11.6 Å². The lowest BCUT2D eigenvalue weighted by molar-refractivity contribution is 0.0202. The predicted octanol–water partition coefficient (Wildman–Crippen LogP) is 2.71. The molecule has 2 aromatic carbocycles. The first-order chi connectivity index (χ1) is 17.2. The van der Waals surface area contributed by atoms with Crippen LogP contribution in [0.5, 0.6) is 0 Å². The molecule has 1 atom stereocenters. The molecule has 0 bridgehead atoms. The molecule has 2 saturated heterocycles. The molecule has 2 fully saturated rings. The van der Waals surface area contributed by atoms with Gasteiger partial charge in [-0.25, -0.2) is 9.67 Å². The molecule has 0 aliphatic carbocycles. The summed E-state index contributed by atoms with van der Waals surface area (Å²) >= 11 is 6.67. The summed E-state index contributed by atoms with van der Waals surface area (Å²) in [4.78, 5) is 23.3. The van der Waals surface area contributed by atoms with E-state index in [1.165, 1.54) is 0 Å². The SMILES string of the molecule is O=c1c([C@@H](CN2CCOCC2)c2ccccc2Cl)nc(-c2ccccc2)nn1CN1CCOCC1. The van der Waals surface area contributed by atoms with E-state index < -0.39 is 0 Å². The van der Waals surface area contributed by atoms with Crippen molar-refractivity contribution >= 4 is 11.6 Å². The van der Waals surface area contributed by atoms with Crippen LogP contribution in [0, 0.1) is 0 Å². The van der Waals surface area contributed by atoms with Crippen molar-refractivity contribution in [2.75, 3.05) is 59.2 Å². The molecule has 8 nitrogen and oxygen atoms in total. The number of morpholine rings is 2. The van der Waals surface area contributed by atoms with Crippen molar-refractivity contribution in [2.45, 2.75) is 12.6 Å². The highest BCUT2D eigenvalue weighted by atomic mass is 35.5. The summed E-state index contributed by atoms with van der Waals surface area (Å²) in [7, 11) is 0. The van der Waals surface area contributed by atoms with Crippen molar-refractivity contribution < 1.29 is 9.47 Å². The molecule has 0 radical (unpaired) electrons. The van der Waals surface area contributed by atoms with Gasteiger partial charge in [-0.3, -0.25) is 14.6 Å². The number of hydrogen-bond acceptors (Lipinski definition) is 7. The molecule has 0 N–H and O–H groups in total. The third-order valence-electron chi connectivity index (χ3n) is 6.52. The number of ether oxygens (including phenoxy) is 2. The van der Waals surface area contributed by atoms with Gasteiger partial charge in [0, 0.05) is 49.2 Å². The average molecular weight is 496 g/mol. The number of aromatic nitrogens is 3. The van der Waals surface area contributed by atoms with Gasteiger partial charge in [-0.15, -0.1) is 5.10 Å². The number of rotatable bonds is 7. The van der Waals surface area contributed by atoms with Crippen molar-refractivity contribution in [3.05, 3.63) is 81.2 Å². The molecule has 9 heteroatoms. The van der Waals surface area contributed by atoms with Crippen molar-refractivity contribution in [1.29, 1.82) is 0 Å². The van der Waals surface area contributed by atoms with Crippen LogP contribution in [0.4, 0.5) is 0 Å². The third kappa shape index (κ3) is 5.79. The van der Waals surface area contributed by atoms with Gasteiger partial charge >= 0.3 is 0 Å². The maximum atomic E-state index is 13.9. The van der Waals surface area contributed by atoms with Gasteiger partial charge in [0.05, 0.1) is 33.1 Å². The summed E-state index contributed by atoms with van der Waals surface area (Å²) in [6.45, 7) is 6.80. The molecule has 0 unspecified atom stereocenters. The monoisotopic (exact) mass is 495 g/mol. The Hall–Kier alpha value is -2.62. The highest BCUT2D eigenvalue weighted by Gasteiger charge is 2.28. The molecular weight excluding hydrogens is 466 g/mol. The zero-order chi connectivity index (χ0) is 24.0. The maximum absolute atomic E-state index is 13.9. The molecule has 3 heterocycles. The van der Waals surface area contributed by atoms with E-state index in [9.17, 15) is 4.79 Å². The molecule has 0 spiro atoms. The highest BCUT2D eigenvalue weighted by Crippen LogP contribution is 2.30. The first-order valence-corrected chi connectivity index (χ1v) is 12.5. The third-order valence-corrected chi connectivity index (χ3v) is 6.86. The second-order valence-electron chi connectivity index (χ2n) is 8.85. The van der Waals surface area contributed by atoms with E-state index in [-0.39, 0.29) is 11.5 Å². The van der Waals surface area contributed by atoms with Crippen LogP contribution in [-0.4, -0.2) is 83.7 Å². The molecule has 35 heavy (non-hydrogen) atoms. The Morgan fingerprint density at radius 1 is 0.857 bits per heavy atom. The number of hydrogen-bond donors (Lipinski definition) is 0. The Balaban J connectivity index is 1.61. The van der Waals surface area contributed by atoms with Crippen LogP contribution < -0.4 is 5.56 Å². The van der Waals surface area contributed by atoms with Gasteiger partial charge in [0.15, 0.2) is 5.82 Å². The first-order valence-electron chi connectivity index (χ1n) is 12.1. The zero-order valence-corrected chi connectivity index (χ0v) is 20.4. The lowest BCUT2D eigenvalue weighted by atomic mass is 9.94. The Morgan fingerprint density at radius 3 is 2.17 bits per heavy atom. The van der Waals surface area contributed by atoms with Gasteiger partial charge in [-0.1, -0.05) is 60.1 Å². The van der Waals surface area contributed by atoms with E-state index in [1.54, 1.807) is 4.68 Å². The first kappa shape index (κ1) is 24.1. The van der Waals surface area contributed by atoms with Crippen LogP contribution in [0.2, 0.25) is 5.02 Å². The fourth-order valence-electron chi connectivity index (χ4n) is 4.57. The highest BCUT2D eigenvalue weighted by molar-refractivity contribution is 6.31. The van der Waals surface area contributed by atoms with Crippen LogP contribution in [0.1, 0.15) is 17.2 Å². The van der Waals surface area contributed by atoms with E-state index in [4.69, 9.17) is 26.1 Å². The van der Waals surface area contributed by atoms with E-state index in [1.807, 2.05) is 54.6 Å². The van der Waals surface area contributed by atoms with E-state index >= 15 is 0 Å². The van der Waals surface area contributed by atoms with Crippen LogP contribution >= 0.6 is 11.6 Å². The largest absolute Gasteiger partial charge is 0.379 e. The molecule has 3 aromatic rings. The van der Waals surface area contributed by atoms with E-state index in [0.29, 0.717) is 56.2 Å². The molecule has 0 saturated carbocycles. The van der Waals surface area contributed by atoms with Crippen molar-refractivity contribution in [3.63, 3.8) is 0 Å². The van der Waals surface area contributed by atoms with Gasteiger partial charge in [-0.2, -0.15) is 0 Å². The molecule has 5 rings (SSSR count). The topological polar surface area (TPSA) is 72.7 Å². The van der Waals surface area contributed by atoms with Gasteiger partial charge in [0.1, 0.15) is 5.69 Å². The van der Waals surface area contributed by atoms with Crippen LogP contribution in [0.25, 0.3) is 11.4 Å². The quantitative estimate of drug-likeness (QED) is 0.499. The molecule has 0 amide bonds. The lowest BCUT2D eigenvalue weighted by Crippen LogP contribution is -2.43. The smallest absolute Gasteiger partial charge is 0.290 e. The minimum atomic E-state index is -0.296. The Labute approximate surface area is 210 Å². The van der Waals surface area contributed by atoms with Crippen molar-refractivity contribution in [2.24, 2.45) is 0 Å². The van der Waals surface area contributed by atoms with E-state index in [0.717, 1.165) is 37.3 Å². The Kier molecular flexibility index (Phi) is 7.85. The molecular formula is C26H30ClN5O3. The summed E-state index contributed by atoms with van der Waals surface area (Å²) in [6, 6.07) is 17.5. The summed E-state index contributed by atoms with van der Waals surface area (Å²) in [5.41, 5.74) is 2.04. The number of benzene rings is 2. The minimum absolute atomic E-state index is 0.186. The molecule has 1 aromatic heterocycles. The summed E-state index contributed by atoms with van der Waals surface area (Å²) < 4.78 is 12.6. The van der Waals surface area contributed by atoms with Crippen LogP contribution in [0.3, 0.4) is 0 Å². The second-order valence-corrected chi connectivity index (χ2v) is 9.26. The maximum Gasteiger partial charge on any atom is 0.290 e. The normalized spacial score (nSPS) is 18.4. The fraction of sp³-hybridized carbons (Fsp3) is 0.423. The average Bonchev–Trinajstić information content (AvgIpc) is 2.91. The Morgan fingerprint density at radius 2 is 1.49 bits per heavy atom. The number of halogens is 1. The summed E-state index contributed by atoms with van der Waals surface area (Å²) in [5, 5.41) is 5.32. The molecule has 184 valence electrons. The second kappa shape index (κ2) is 11.4. The predicted molar refractivity (Wildman–Crippen MR) is 135 cm³/mol. The lowest BCUT2D eigenvalue weighted by Gasteiger charge is -2.31. The summed E-state index contributed by atoms with van der Waals surface area (Å²) in [5.74, 6) is 0.239. The van der Waals surface area contributed by atoms with Gasteiger partial charge < -0.3 is 9.47 Å². The van der Waals surface area contributed by atoms with E-state index in [2.05, 4.69) is 14.9 Å². The van der Waals surface area contributed by atoms with Crippen LogP contribution in [0.15, 0.2) is 59.4 Å².